The molecule has 0 saturated heterocycles. The lowest BCUT2D eigenvalue weighted by molar-refractivity contribution is 0.0733. The van der Waals surface area contributed by atoms with Crippen molar-refractivity contribution >= 4 is 0 Å². The molecule has 2 rings (SSSR count). The molecule has 0 amide bonds. The molecule has 13 heavy (non-hydrogen) atoms. The van der Waals surface area contributed by atoms with Crippen molar-refractivity contribution in [1.82, 2.24) is 0 Å². The minimum absolute atomic E-state index is 0.109. The number of methoxy groups -OCH3 is 1. The number of rotatable bonds is 3. The van der Waals surface area contributed by atoms with Crippen LogP contribution in [0.1, 0.15) is 39.0 Å². The molecular weight excluding hydrogens is 162 g/mol. The van der Waals surface area contributed by atoms with E-state index in [1.165, 1.54) is 25.7 Å². The predicted octanol–water partition coefficient (Wildman–Crippen LogP) is 1.93. The van der Waals surface area contributed by atoms with Crippen LogP contribution in [0.5, 0.6) is 0 Å². The molecule has 76 valence electrons. The minimum atomic E-state index is 0.109. The van der Waals surface area contributed by atoms with E-state index in [9.17, 15) is 0 Å². The van der Waals surface area contributed by atoms with Crippen LogP contribution in [-0.4, -0.2) is 18.8 Å². The van der Waals surface area contributed by atoms with Gasteiger partial charge in [-0.1, -0.05) is 6.42 Å². The topological polar surface area (TPSA) is 35.2 Å². The molecular formula is C11H21NO. The summed E-state index contributed by atoms with van der Waals surface area (Å²) in [6.07, 6.45) is 6.77. The van der Waals surface area contributed by atoms with Crippen molar-refractivity contribution in [3.63, 3.8) is 0 Å². The summed E-state index contributed by atoms with van der Waals surface area (Å²) in [6.45, 7) is 2.13. The van der Waals surface area contributed by atoms with E-state index in [4.69, 9.17) is 10.5 Å². The van der Waals surface area contributed by atoms with Gasteiger partial charge in [-0.15, -0.1) is 0 Å². The molecule has 0 aromatic carbocycles. The molecule has 2 aliphatic rings. The summed E-state index contributed by atoms with van der Waals surface area (Å²) in [5, 5.41) is 0. The second-order valence-corrected chi connectivity index (χ2v) is 5.06. The van der Waals surface area contributed by atoms with E-state index in [0.29, 0.717) is 6.10 Å². The average Bonchev–Trinajstić information content (AvgIpc) is 2.62. The molecule has 2 fully saturated rings. The highest BCUT2D eigenvalue weighted by Crippen LogP contribution is 2.51. The maximum Gasteiger partial charge on any atom is 0.0560 e. The van der Waals surface area contributed by atoms with Gasteiger partial charge in [-0.2, -0.15) is 0 Å². The smallest absolute Gasteiger partial charge is 0.0560 e. The van der Waals surface area contributed by atoms with Crippen LogP contribution in [-0.2, 0) is 4.74 Å². The molecule has 0 radical (unpaired) electrons. The fourth-order valence-electron chi connectivity index (χ4n) is 3.36. The first kappa shape index (κ1) is 9.47. The van der Waals surface area contributed by atoms with Gasteiger partial charge >= 0.3 is 0 Å². The number of nitrogens with two attached hydrogens (primary N) is 1. The third-order valence-electron chi connectivity index (χ3n) is 4.09. The van der Waals surface area contributed by atoms with E-state index >= 15 is 0 Å². The van der Waals surface area contributed by atoms with Crippen LogP contribution in [0.3, 0.4) is 0 Å². The molecule has 2 nitrogen and oxygen atoms in total. The second kappa shape index (κ2) is 3.25. The lowest BCUT2D eigenvalue weighted by Crippen LogP contribution is -2.47. The zero-order chi connectivity index (χ0) is 9.47. The third kappa shape index (κ3) is 1.62. The molecule has 4 atom stereocenters. The van der Waals surface area contributed by atoms with E-state index < -0.39 is 0 Å². The SMILES string of the molecule is COC(C)CC1(N)CC2CCC1C2. The monoisotopic (exact) mass is 183 g/mol. The molecule has 2 heteroatoms. The van der Waals surface area contributed by atoms with E-state index in [0.717, 1.165) is 18.3 Å². The summed E-state index contributed by atoms with van der Waals surface area (Å²) < 4.78 is 5.30. The summed E-state index contributed by atoms with van der Waals surface area (Å²) in [5.74, 6) is 1.72. The van der Waals surface area contributed by atoms with Gasteiger partial charge in [-0.05, 0) is 44.4 Å². The van der Waals surface area contributed by atoms with Gasteiger partial charge in [0.05, 0.1) is 6.10 Å². The van der Waals surface area contributed by atoms with Crippen LogP contribution in [0.25, 0.3) is 0 Å². The third-order valence-corrected chi connectivity index (χ3v) is 4.09. The van der Waals surface area contributed by atoms with Crippen molar-refractivity contribution < 1.29 is 4.74 Å². The summed E-state index contributed by atoms with van der Waals surface area (Å²) in [7, 11) is 1.78. The maximum absolute atomic E-state index is 6.44. The van der Waals surface area contributed by atoms with Gasteiger partial charge in [0.15, 0.2) is 0 Å². The highest BCUT2D eigenvalue weighted by Gasteiger charge is 2.48. The van der Waals surface area contributed by atoms with Crippen LogP contribution in [0, 0.1) is 11.8 Å². The maximum atomic E-state index is 6.44. The van der Waals surface area contributed by atoms with Crippen LogP contribution in [0.4, 0.5) is 0 Å². The lowest BCUT2D eigenvalue weighted by atomic mass is 9.78. The predicted molar refractivity (Wildman–Crippen MR) is 53.5 cm³/mol. The van der Waals surface area contributed by atoms with Crippen LogP contribution in [0.2, 0.25) is 0 Å². The Balaban J connectivity index is 1.97. The molecule has 0 aromatic heterocycles. The first-order chi connectivity index (χ1) is 6.14. The fourth-order valence-corrected chi connectivity index (χ4v) is 3.36. The Labute approximate surface area is 80.8 Å². The van der Waals surface area contributed by atoms with Gasteiger partial charge in [-0.3, -0.25) is 0 Å². The first-order valence-corrected chi connectivity index (χ1v) is 5.46. The Morgan fingerprint density at radius 1 is 1.54 bits per heavy atom. The van der Waals surface area contributed by atoms with Crippen molar-refractivity contribution in [1.29, 1.82) is 0 Å². The normalized spacial score (nSPS) is 45.5. The van der Waals surface area contributed by atoms with Gasteiger partial charge in [0.1, 0.15) is 0 Å². The summed E-state index contributed by atoms with van der Waals surface area (Å²) in [6, 6.07) is 0. The minimum Gasteiger partial charge on any atom is -0.382 e. The lowest BCUT2D eigenvalue weighted by Gasteiger charge is -2.35. The van der Waals surface area contributed by atoms with Gasteiger partial charge in [-0.25, -0.2) is 0 Å². The molecule has 2 aliphatic carbocycles. The summed E-state index contributed by atoms with van der Waals surface area (Å²) in [5.41, 5.74) is 6.55. The summed E-state index contributed by atoms with van der Waals surface area (Å²) >= 11 is 0. The fraction of sp³-hybridized carbons (Fsp3) is 1.00. The molecule has 4 unspecified atom stereocenters. The number of hydrogen-bond acceptors (Lipinski definition) is 2. The Morgan fingerprint density at radius 2 is 2.31 bits per heavy atom. The Kier molecular flexibility index (Phi) is 2.37. The molecule has 0 aromatic rings. The Morgan fingerprint density at radius 3 is 2.77 bits per heavy atom. The standard InChI is InChI=1S/C11H21NO/c1-8(13-2)6-11(12)7-9-3-4-10(11)5-9/h8-10H,3-7,12H2,1-2H3. The van der Waals surface area contributed by atoms with Crippen molar-refractivity contribution in [2.75, 3.05) is 7.11 Å². The van der Waals surface area contributed by atoms with E-state index in [-0.39, 0.29) is 5.54 Å². The molecule has 2 N–H and O–H groups in total. The van der Waals surface area contributed by atoms with E-state index in [2.05, 4.69) is 6.92 Å². The average molecular weight is 183 g/mol. The highest BCUT2D eigenvalue weighted by molar-refractivity contribution is 5.04. The van der Waals surface area contributed by atoms with Gasteiger partial charge in [0.25, 0.3) is 0 Å². The zero-order valence-electron chi connectivity index (χ0n) is 8.75. The van der Waals surface area contributed by atoms with E-state index in [1.54, 1.807) is 7.11 Å². The van der Waals surface area contributed by atoms with Crippen LogP contribution >= 0.6 is 0 Å². The number of fused-ring (bicyclic) bond motifs is 2. The molecule has 2 bridgehead atoms. The van der Waals surface area contributed by atoms with Gasteiger partial charge < -0.3 is 10.5 Å². The van der Waals surface area contributed by atoms with Crippen molar-refractivity contribution in [2.24, 2.45) is 17.6 Å². The Hall–Kier alpha value is -0.0800. The number of ether oxygens (including phenoxy) is 1. The van der Waals surface area contributed by atoms with Gasteiger partial charge in [0.2, 0.25) is 0 Å². The van der Waals surface area contributed by atoms with Crippen molar-refractivity contribution in [2.45, 2.75) is 50.7 Å². The van der Waals surface area contributed by atoms with Crippen LogP contribution in [0.15, 0.2) is 0 Å². The van der Waals surface area contributed by atoms with E-state index in [1.807, 2.05) is 0 Å². The first-order valence-electron chi connectivity index (χ1n) is 5.46. The van der Waals surface area contributed by atoms with Crippen molar-refractivity contribution in [3.8, 4) is 0 Å². The Bertz CT molecular complexity index is 195. The largest absolute Gasteiger partial charge is 0.382 e. The zero-order valence-corrected chi connectivity index (χ0v) is 8.75. The summed E-state index contributed by atoms with van der Waals surface area (Å²) in [4.78, 5) is 0. The molecule has 0 heterocycles. The molecule has 0 spiro atoms. The second-order valence-electron chi connectivity index (χ2n) is 5.06. The molecule has 2 saturated carbocycles. The number of hydrogen-bond donors (Lipinski definition) is 1. The van der Waals surface area contributed by atoms with Crippen molar-refractivity contribution in [3.05, 3.63) is 0 Å². The quantitative estimate of drug-likeness (QED) is 0.725. The molecule has 0 aliphatic heterocycles. The van der Waals surface area contributed by atoms with Crippen LogP contribution < -0.4 is 5.73 Å². The highest BCUT2D eigenvalue weighted by atomic mass is 16.5. The van der Waals surface area contributed by atoms with Gasteiger partial charge in [0, 0.05) is 12.6 Å².